The van der Waals surface area contributed by atoms with Crippen LogP contribution >= 0.6 is 0 Å². The minimum atomic E-state index is -2.05. The van der Waals surface area contributed by atoms with Crippen LogP contribution in [-0.2, 0) is 0 Å². The van der Waals surface area contributed by atoms with E-state index in [1.807, 2.05) is 0 Å². The number of hydrogen-bond donors (Lipinski definition) is 4. The first kappa shape index (κ1) is 13.6. The highest BCUT2D eigenvalue weighted by Crippen LogP contribution is 2.44. The summed E-state index contributed by atoms with van der Waals surface area (Å²) in [6.45, 7) is -0.447. The Bertz CT molecular complexity index is 499. The van der Waals surface area contributed by atoms with Crippen LogP contribution in [0, 0.1) is 5.92 Å². The molecule has 104 valence electrons. The van der Waals surface area contributed by atoms with Crippen LogP contribution in [0.1, 0.15) is 18.0 Å². The maximum atomic E-state index is 12.9. The maximum Gasteiger partial charge on any atom is 0.317 e. The normalized spacial score (nSPS) is 26.7. The Morgan fingerprint density at radius 2 is 2.00 bits per heavy atom. The molecule has 1 saturated carbocycles. The van der Waals surface area contributed by atoms with E-state index in [4.69, 9.17) is 5.11 Å². The molecule has 0 radical (unpaired) electrons. The van der Waals surface area contributed by atoms with Crippen molar-refractivity contribution in [3.63, 3.8) is 0 Å². The van der Waals surface area contributed by atoms with Crippen molar-refractivity contribution in [1.29, 1.82) is 0 Å². The van der Waals surface area contributed by atoms with Gasteiger partial charge in [0.1, 0.15) is 0 Å². The van der Waals surface area contributed by atoms with Crippen LogP contribution in [0.4, 0.5) is 8.78 Å². The summed E-state index contributed by atoms with van der Waals surface area (Å²) in [7, 11) is 0. The Hall–Kier alpha value is -1.80. The summed E-state index contributed by atoms with van der Waals surface area (Å²) >= 11 is 0. The van der Waals surface area contributed by atoms with Gasteiger partial charge in [0.15, 0.2) is 0 Å². The smallest absolute Gasteiger partial charge is 0.317 e. The second-order valence-corrected chi connectivity index (χ2v) is 4.34. The van der Waals surface area contributed by atoms with E-state index in [9.17, 15) is 24.1 Å². The van der Waals surface area contributed by atoms with Gasteiger partial charge in [0.05, 0.1) is 11.8 Å². The summed E-state index contributed by atoms with van der Waals surface area (Å²) in [5.41, 5.74) is -0.570. The predicted molar refractivity (Wildman–Crippen MR) is 58.5 cm³/mol. The maximum absolute atomic E-state index is 12.9. The first-order valence-corrected chi connectivity index (χ1v) is 5.55. The standard InChI is InChI=1S/C11H12F2N2O4/c12-10(13)8-5(1-4(3-16)9(8)18)6-2-7(17)15-11(19)14-6/h2,4-5,9,16,18H,1,3H2,(H2,14,15,17,19). The highest BCUT2D eigenvalue weighted by atomic mass is 19.3. The van der Waals surface area contributed by atoms with E-state index >= 15 is 0 Å². The van der Waals surface area contributed by atoms with E-state index < -0.39 is 48.1 Å². The van der Waals surface area contributed by atoms with E-state index in [0.29, 0.717) is 0 Å². The van der Waals surface area contributed by atoms with Crippen molar-refractivity contribution in [3.8, 4) is 11.9 Å². The lowest BCUT2D eigenvalue weighted by atomic mass is 9.98. The monoisotopic (exact) mass is 274 g/mol. The number of aromatic nitrogens is 2. The molecular formula is C11H12F2N2O4. The number of rotatable bonds is 2. The number of aliphatic hydroxyl groups excluding tert-OH is 2. The van der Waals surface area contributed by atoms with Crippen LogP contribution < -0.4 is 0 Å². The average Bonchev–Trinajstić information content (AvgIpc) is 2.65. The molecule has 2 rings (SSSR count). The third-order valence-corrected chi connectivity index (χ3v) is 3.21. The van der Waals surface area contributed by atoms with Crippen LogP contribution in [0.5, 0.6) is 11.9 Å². The van der Waals surface area contributed by atoms with E-state index in [1.54, 1.807) is 0 Å². The third kappa shape index (κ3) is 2.49. The van der Waals surface area contributed by atoms with Crippen LogP contribution in [0.15, 0.2) is 17.7 Å². The van der Waals surface area contributed by atoms with Gasteiger partial charge < -0.3 is 20.4 Å². The summed E-state index contributed by atoms with van der Waals surface area (Å²) in [6.07, 6.45) is -3.48. The average molecular weight is 274 g/mol. The van der Waals surface area contributed by atoms with Crippen molar-refractivity contribution in [3.05, 3.63) is 23.4 Å². The first-order valence-electron chi connectivity index (χ1n) is 5.55. The van der Waals surface area contributed by atoms with Crippen molar-refractivity contribution in [2.24, 2.45) is 5.92 Å². The molecule has 1 aromatic heterocycles. The van der Waals surface area contributed by atoms with Crippen LogP contribution in [0.3, 0.4) is 0 Å². The molecule has 4 N–H and O–H groups in total. The Balaban J connectivity index is 2.45. The fourth-order valence-corrected chi connectivity index (χ4v) is 2.33. The molecule has 0 saturated heterocycles. The van der Waals surface area contributed by atoms with Gasteiger partial charge in [-0.2, -0.15) is 18.7 Å². The van der Waals surface area contributed by atoms with E-state index in [-0.39, 0.29) is 12.1 Å². The number of aliphatic hydroxyl groups is 2. The number of hydrogen-bond acceptors (Lipinski definition) is 6. The van der Waals surface area contributed by atoms with Gasteiger partial charge in [-0.1, -0.05) is 0 Å². The molecule has 0 aliphatic heterocycles. The zero-order valence-corrected chi connectivity index (χ0v) is 9.66. The van der Waals surface area contributed by atoms with Gasteiger partial charge in [0.25, 0.3) is 6.08 Å². The molecule has 1 heterocycles. The molecule has 3 atom stereocenters. The molecule has 0 aromatic carbocycles. The minimum Gasteiger partial charge on any atom is -0.493 e. The molecule has 0 spiro atoms. The fourth-order valence-electron chi connectivity index (χ4n) is 2.33. The lowest BCUT2D eigenvalue weighted by molar-refractivity contribution is 0.108. The first-order chi connectivity index (χ1) is 8.93. The Kier molecular flexibility index (Phi) is 3.63. The second kappa shape index (κ2) is 5.06. The highest BCUT2D eigenvalue weighted by molar-refractivity contribution is 5.34. The van der Waals surface area contributed by atoms with E-state index in [1.165, 1.54) is 0 Å². The van der Waals surface area contributed by atoms with Crippen LogP contribution in [0.2, 0.25) is 0 Å². The number of nitrogens with zero attached hydrogens (tertiary/aromatic N) is 2. The van der Waals surface area contributed by atoms with E-state index in [0.717, 1.165) is 6.07 Å². The van der Waals surface area contributed by atoms with Gasteiger partial charge in [0, 0.05) is 30.1 Å². The molecule has 0 amide bonds. The van der Waals surface area contributed by atoms with Gasteiger partial charge in [-0.15, -0.1) is 0 Å². The third-order valence-electron chi connectivity index (χ3n) is 3.21. The van der Waals surface area contributed by atoms with Crippen LogP contribution in [0.25, 0.3) is 0 Å². The largest absolute Gasteiger partial charge is 0.493 e. The zero-order chi connectivity index (χ0) is 14.2. The Morgan fingerprint density at radius 3 is 2.53 bits per heavy atom. The van der Waals surface area contributed by atoms with Gasteiger partial charge in [-0.3, -0.25) is 0 Å². The number of aromatic hydroxyl groups is 2. The lowest BCUT2D eigenvalue weighted by Gasteiger charge is -2.12. The van der Waals surface area contributed by atoms with E-state index in [2.05, 4.69) is 9.97 Å². The summed E-state index contributed by atoms with van der Waals surface area (Å²) < 4.78 is 25.8. The van der Waals surface area contributed by atoms with Gasteiger partial charge >= 0.3 is 6.01 Å². The SMILES string of the molecule is OCC1CC(c2cc(O)nc(O)n2)C(=C(F)F)C1O. The van der Waals surface area contributed by atoms with Crippen LogP contribution in [-0.4, -0.2) is 43.1 Å². The molecule has 1 aromatic rings. The molecule has 3 unspecified atom stereocenters. The van der Waals surface area contributed by atoms with Crippen molar-refractivity contribution in [1.82, 2.24) is 9.97 Å². The molecular weight excluding hydrogens is 262 g/mol. The molecule has 19 heavy (non-hydrogen) atoms. The summed E-state index contributed by atoms with van der Waals surface area (Å²) in [4.78, 5) is 6.79. The topological polar surface area (TPSA) is 107 Å². The lowest BCUT2D eigenvalue weighted by Crippen LogP contribution is -2.18. The molecule has 6 nitrogen and oxygen atoms in total. The summed E-state index contributed by atoms with van der Waals surface area (Å²) in [5, 5.41) is 37.2. The fraction of sp³-hybridized carbons (Fsp3) is 0.455. The summed E-state index contributed by atoms with van der Waals surface area (Å²) in [5.74, 6) is -2.26. The van der Waals surface area contributed by atoms with Gasteiger partial charge in [-0.05, 0) is 6.42 Å². The molecule has 8 heteroatoms. The molecule has 1 fully saturated rings. The highest BCUT2D eigenvalue weighted by Gasteiger charge is 2.42. The van der Waals surface area contributed by atoms with Crippen molar-refractivity contribution in [2.45, 2.75) is 18.4 Å². The molecule has 0 bridgehead atoms. The second-order valence-electron chi connectivity index (χ2n) is 4.34. The van der Waals surface area contributed by atoms with Gasteiger partial charge in [-0.25, -0.2) is 0 Å². The number of halogens is 2. The minimum absolute atomic E-state index is 0.0252. The Labute approximate surface area is 106 Å². The van der Waals surface area contributed by atoms with Gasteiger partial charge in [0.2, 0.25) is 5.88 Å². The molecule has 1 aliphatic carbocycles. The van der Waals surface area contributed by atoms with Crippen molar-refractivity contribution in [2.75, 3.05) is 6.61 Å². The Morgan fingerprint density at radius 1 is 1.32 bits per heavy atom. The quantitative estimate of drug-likeness (QED) is 0.625. The van der Waals surface area contributed by atoms with Crippen molar-refractivity contribution < 1.29 is 29.2 Å². The predicted octanol–water partition coefficient (Wildman–Crippen LogP) is 0.495. The zero-order valence-electron chi connectivity index (χ0n) is 9.66. The molecule has 1 aliphatic rings. The summed E-state index contributed by atoms with van der Waals surface area (Å²) in [6, 6.07) is 0.301. The van der Waals surface area contributed by atoms with Crippen molar-refractivity contribution >= 4 is 0 Å².